The molecule has 18 heavy (non-hydrogen) atoms. The van der Waals surface area contributed by atoms with Gasteiger partial charge in [0.05, 0.1) is 11.3 Å². The quantitative estimate of drug-likeness (QED) is 0.782. The molecule has 1 heterocycles. The van der Waals surface area contributed by atoms with Crippen molar-refractivity contribution in [1.29, 1.82) is 0 Å². The number of alkyl halides is 3. The minimum atomic E-state index is -4.28. The molecule has 0 radical (unpaired) electrons. The molecule has 0 aliphatic heterocycles. The van der Waals surface area contributed by atoms with Crippen LogP contribution < -0.4 is 0 Å². The third-order valence-corrected chi connectivity index (χ3v) is 3.46. The molecule has 1 nitrogen and oxygen atoms in total. The standard InChI is InChI=1S/C13H12F3NS/c1-2-3-11-8-18-12(17-11)9-4-6-10(7-5-9)13(14,15)16/h4-8H,2-3H2,1H3. The first-order valence-electron chi connectivity index (χ1n) is 5.62. The fraction of sp³-hybridized carbons (Fsp3) is 0.308. The second-order valence-electron chi connectivity index (χ2n) is 3.97. The first-order chi connectivity index (χ1) is 8.50. The van der Waals surface area contributed by atoms with Crippen LogP contribution in [0.2, 0.25) is 0 Å². The van der Waals surface area contributed by atoms with Crippen molar-refractivity contribution >= 4 is 11.3 Å². The summed E-state index contributed by atoms with van der Waals surface area (Å²) in [5, 5.41) is 2.73. The van der Waals surface area contributed by atoms with Gasteiger partial charge in [0.2, 0.25) is 0 Å². The molecule has 0 fully saturated rings. The van der Waals surface area contributed by atoms with Crippen LogP contribution in [-0.2, 0) is 12.6 Å². The van der Waals surface area contributed by atoms with Gasteiger partial charge in [-0.25, -0.2) is 4.98 Å². The highest BCUT2D eigenvalue weighted by Crippen LogP contribution is 2.31. The van der Waals surface area contributed by atoms with Gasteiger partial charge in [0.15, 0.2) is 0 Å². The van der Waals surface area contributed by atoms with Gasteiger partial charge in [0, 0.05) is 10.9 Å². The third kappa shape index (κ3) is 2.90. The van der Waals surface area contributed by atoms with Crippen molar-refractivity contribution in [3.05, 3.63) is 40.9 Å². The van der Waals surface area contributed by atoms with Crippen LogP contribution in [0.5, 0.6) is 0 Å². The number of hydrogen-bond donors (Lipinski definition) is 0. The molecule has 0 spiro atoms. The fourth-order valence-electron chi connectivity index (χ4n) is 1.61. The van der Waals surface area contributed by atoms with E-state index in [1.807, 2.05) is 5.38 Å². The molecule has 96 valence electrons. The smallest absolute Gasteiger partial charge is 0.241 e. The number of rotatable bonds is 3. The van der Waals surface area contributed by atoms with Gasteiger partial charge >= 0.3 is 6.18 Å². The maximum absolute atomic E-state index is 12.4. The van der Waals surface area contributed by atoms with Crippen LogP contribution in [-0.4, -0.2) is 4.98 Å². The summed E-state index contributed by atoms with van der Waals surface area (Å²) in [6.45, 7) is 2.07. The van der Waals surface area contributed by atoms with Gasteiger partial charge < -0.3 is 0 Å². The Morgan fingerprint density at radius 1 is 1.17 bits per heavy atom. The lowest BCUT2D eigenvalue weighted by Gasteiger charge is -2.06. The molecule has 2 rings (SSSR count). The summed E-state index contributed by atoms with van der Waals surface area (Å²) in [5.41, 5.74) is 1.10. The highest BCUT2D eigenvalue weighted by atomic mass is 32.1. The number of halogens is 3. The molecule has 0 saturated heterocycles. The minimum Gasteiger partial charge on any atom is -0.241 e. The number of hydrogen-bond acceptors (Lipinski definition) is 2. The lowest BCUT2D eigenvalue weighted by Crippen LogP contribution is -2.03. The Labute approximate surface area is 107 Å². The van der Waals surface area contributed by atoms with E-state index in [9.17, 15) is 13.2 Å². The molecule has 0 amide bonds. The average molecular weight is 271 g/mol. The van der Waals surface area contributed by atoms with E-state index >= 15 is 0 Å². The Hall–Kier alpha value is -1.36. The normalized spacial score (nSPS) is 11.8. The van der Waals surface area contributed by atoms with Gasteiger partial charge in [0.25, 0.3) is 0 Å². The Kier molecular flexibility index (Phi) is 3.71. The average Bonchev–Trinajstić information content (AvgIpc) is 2.77. The zero-order valence-electron chi connectivity index (χ0n) is 9.79. The molecule has 1 aromatic heterocycles. The predicted molar refractivity (Wildman–Crippen MR) is 66.5 cm³/mol. The monoisotopic (exact) mass is 271 g/mol. The zero-order chi connectivity index (χ0) is 13.2. The molecule has 0 saturated carbocycles. The number of benzene rings is 1. The molecule has 5 heteroatoms. The first kappa shape index (κ1) is 13.1. The highest BCUT2D eigenvalue weighted by Gasteiger charge is 2.30. The van der Waals surface area contributed by atoms with E-state index < -0.39 is 11.7 Å². The lowest BCUT2D eigenvalue weighted by molar-refractivity contribution is -0.137. The summed E-state index contributed by atoms with van der Waals surface area (Å²) in [6.07, 6.45) is -2.37. The summed E-state index contributed by atoms with van der Waals surface area (Å²) in [4.78, 5) is 4.40. The van der Waals surface area contributed by atoms with Gasteiger partial charge in [-0.2, -0.15) is 13.2 Å². The molecule has 1 aromatic carbocycles. The van der Waals surface area contributed by atoms with E-state index in [4.69, 9.17) is 0 Å². The van der Waals surface area contributed by atoms with Crippen LogP contribution in [0.15, 0.2) is 29.6 Å². The summed E-state index contributed by atoms with van der Waals surface area (Å²) in [7, 11) is 0. The Balaban J connectivity index is 2.23. The molecular formula is C13H12F3NS. The lowest BCUT2D eigenvalue weighted by atomic mass is 10.1. The zero-order valence-corrected chi connectivity index (χ0v) is 10.6. The van der Waals surface area contributed by atoms with E-state index in [-0.39, 0.29) is 0 Å². The van der Waals surface area contributed by atoms with Crippen molar-refractivity contribution in [2.75, 3.05) is 0 Å². The van der Waals surface area contributed by atoms with Crippen molar-refractivity contribution in [1.82, 2.24) is 4.98 Å². The summed E-state index contributed by atoms with van der Waals surface area (Å²) in [5.74, 6) is 0. The van der Waals surface area contributed by atoms with Gasteiger partial charge in [-0.15, -0.1) is 11.3 Å². The fourth-order valence-corrected chi connectivity index (χ4v) is 2.47. The van der Waals surface area contributed by atoms with E-state index in [0.29, 0.717) is 0 Å². The number of thiazole rings is 1. The van der Waals surface area contributed by atoms with Crippen LogP contribution in [0, 0.1) is 0 Å². The Morgan fingerprint density at radius 2 is 1.83 bits per heavy atom. The second kappa shape index (κ2) is 5.10. The van der Waals surface area contributed by atoms with Crippen LogP contribution >= 0.6 is 11.3 Å². The molecule has 0 aliphatic carbocycles. The van der Waals surface area contributed by atoms with E-state index in [2.05, 4.69) is 11.9 Å². The van der Waals surface area contributed by atoms with Crippen LogP contribution in [0.1, 0.15) is 24.6 Å². The number of nitrogens with zero attached hydrogens (tertiary/aromatic N) is 1. The largest absolute Gasteiger partial charge is 0.416 e. The van der Waals surface area contributed by atoms with Gasteiger partial charge in [0.1, 0.15) is 5.01 Å². The maximum atomic E-state index is 12.4. The van der Waals surface area contributed by atoms with E-state index in [0.717, 1.165) is 41.2 Å². The van der Waals surface area contributed by atoms with Crippen molar-refractivity contribution < 1.29 is 13.2 Å². The van der Waals surface area contributed by atoms with Crippen molar-refractivity contribution in [3.8, 4) is 10.6 Å². The molecule has 0 aliphatic rings. The summed E-state index contributed by atoms with van der Waals surface area (Å²) >= 11 is 1.46. The topological polar surface area (TPSA) is 12.9 Å². The Bertz CT molecular complexity index is 514. The summed E-state index contributed by atoms with van der Waals surface area (Å²) < 4.78 is 37.2. The van der Waals surface area contributed by atoms with Gasteiger partial charge in [-0.1, -0.05) is 25.5 Å². The maximum Gasteiger partial charge on any atom is 0.416 e. The molecule has 0 unspecified atom stereocenters. The SMILES string of the molecule is CCCc1csc(-c2ccc(C(F)(F)F)cc2)n1. The Morgan fingerprint density at radius 3 is 2.39 bits per heavy atom. The minimum absolute atomic E-state index is 0.628. The highest BCUT2D eigenvalue weighted by molar-refractivity contribution is 7.13. The van der Waals surface area contributed by atoms with E-state index in [1.165, 1.54) is 23.5 Å². The van der Waals surface area contributed by atoms with Crippen molar-refractivity contribution in [2.45, 2.75) is 25.9 Å². The van der Waals surface area contributed by atoms with Crippen LogP contribution in [0.25, 0.3) is 10.6 Å². The number of aromatic nitrogens is 1. The molecule has 0 N–H and O–H groups in total. The summed E-state index contributed by atoms with van der Waals surface area (Å²) in [6, 6.07) is 5.13. The van der Waals surface area contributed by atoms with Crippen LogP contribution in [0.4, 0.5) is 13.2 Å². The van der Waals surface area contributed by atoms with Crippen LogP contribution in [0.3, 0.4) is 0 Å². The third-order valence-electron chi connectivity index (χ3n) is 2.52. The number of aryl methyl sites for hydroxylation is 1. The van der Waals surface area contributed by atoms with E-state index in [1.54, 1.807) is 0 Å². The molecule has 2 aromatic rings. The van der Waals surface area contributed by atoms with Gasteiger partial charge in [-0.05, 0) is 18.6 Å². The predicted octanol–water partition coefficient (Wildman–Crippen LogP) is 4.78. The second-order valence-corrected chi connectivity index (χ2v) is 4.83. The van der Waals surface area contributed by atoms with Crippen molar-refractivity contribution in [3.63, 3.8) is 0 Å². The van der Waals surface area contributed by atoms with Crippen molar-refractivity contribution in [2.24, 2.45) is 0 Å². The molecule has 0 atom stereocenters. The first-order valence-corrected chi connectivity index (χ1v) is 6.50. The van der Waals surface area contributed by atoms with Gasteiger partial charge in [-0.3, -0.25) is 0 Å². The molecular weight excluding hydrogens is 259 g/mol. The molecule has 0 bridgehead atoms.